The summed E-state index contributed by atoms with van der Waals surface area (Å²) in [6.07, 6.45) is 10.2. The molecule has 2 N–H and O–H groups in total. The summed E-state index contributed by atoms with van der Waals surface area (Å²) < 4.78 is 0. The van der Waals surface area contributed by atoms with Crippen molar-refractivity contribution in [1.82, 2.24) is 15.6 Å². The molecule has 2 rings (SSSR count). The topological polar surface area (TPSA) is 49.3 Å². The van der Waals surface area contributed by atoms with E-state index in [4.69, 9.17) is 0 Å². The molecule has 1 fully saturated rings. The minimum Gasteiger partial charge on any atom is -0.356 e. The minimum atomic E-state index is 0. The summed E-state index contributed by atoms with van der Waals surface area (Å²) in [6.45, 7) is 8.69. The van der Waals surface area contributed by atoms with Crippen LogP contribution < -0.4 is 10.6 Å². The number of rotatable bonds is 7. The molecule has 5 heteroatoms. The van der Waals surface area contributed by atoms with Crippen molar-refractivity contribution in [3.8, 4) is 0 Å². The van der Waals surface area contributed by atoms with E-state index in [1.165, 1.54) is 36.8 Å². The van der Waals surface area contributed by atoms with Gasteiger partial charge in [-0.25, -0.2) is 0 Å². The highest BCUT2D eigenvalue weighted by atomic mass is 127. The van der Waals surface area contributed by atoms with Crippen LogP contribution in [-0.2, 0) is 6.42 Å². The molecule has 0 aliphatic heterocycles. The summed E-state index contributed by atoms with van der Waals surface area (Å²) >= 11 is 0. The zero-order valence-corrected chi connectivity index (χ0v) is 17.9. The van der Waals surface area contributed by atoms with Crippen molar-refractivity contribution in [3.63, 3.8) is 0 Å². The van der Waals surface area contributed by atoms with Crippen LogP contribution >= 0.6 is 24.0 Å². The maximum atomic E-state index is 4.36. The smallest absolute Gasteiger partial charge is 0.191 e. The molecule has 1 aromatic heterocycles. The van der Waals surface area contributed by atoms with E-state index in [0.29, 0.717) is 5.41 Å². The molecule has 1 heterocycles. The van der Waals surface area contributed by atoms with Gasteiger partial charge in [0, 0.05) is 32.5 Å². The third kappa shape index (κ3) is 6.22. The summed E-state index contributed by atoms with van der Waals surface area (Å²) in [7, 11) is 1.85. The van der Waals surface area contributed by atoms with Crippen LogP contribution in [0, 0.1) is 18.3 Å². The average molecular weight is 444 g/mol. The summed E-state index contributed by atoms with van der Waals surface area (Å²) in [5.41, 5.74) is 3.09. The Labute approximate surface area is 164 Å². The van der Waals surface area contributed by atoms with Crippen molar-refractivity contribution < 1.29 is 0 Å². The first-order valence-corrected chi connectivity index (χ1v) is 8.89. The van der Waals surface area contributed by atoms with Gasteiger partial charge in [-0.3, -0.25) is 9.98 Å². The Hall–Kier alpha value is -0.850. The molecule has 1 aliphatic rings. The highest BCUT2D eigenvalue weighted by Gasteiger charge is 2.37. The second kappa shape index (κ2) is 10.2. The molecular weight excluding hydrogens is 411 g/mol. The van der Waals surface area contributed by atoms with Crippen molar-refractivity contribution in [3.05, 3.63) is 29.6 Å². The molecule has 0 unspecified atom stereocenters. The van der Waals surface area contributed by atoms with Crippen LogP contribution in [-0.4, -0.2) is 31.1 Å². The largest absolute Gasteiger partial charge is 0.356 e. The monoisotopic (exact) mass is 444 g/mol. The maximum Gasteiger partial charge on any atom is 0.191 e. The number of guanidine groups is 1. The van der Waals surface area contributed by atoms with Crippen molar-refractivity contribution in [2.45, 2.75) is 52.9 Å². The first-order valence-electron chi connectivity index (χ1n) is 8.89. The average Bonchev–Trinajstić information content (AvgIpc) is 2.49. The lowest BCUT2D eigenvalue weighted by Crippen LogP contribution is -2.47. The van der Waals surface area contributed by atoms with Crippen LogP contribution in [0.15, 0.2) is 23.5 Å². The van der Waals surface area contributed by atoms with Gasteiger partial charge in [0.1, 0.15) is 0 Å². The van der Waals surface area contributed by atoms with Crippen molar-refractivity contribution in [2.24, 2.45) is 16.3 Å². The Bertz CT molecular complexity index is 524. The second-order valence-corrected chi connectivity index (χ2v) is 7.36. The molecule has 0 aromatic carbocycles. The summed E-state index contributed by atoms with van der Waals surface area (Å²) in [4.78, 5) is 8.51. The number of pyridine rings is 1. The van der Waals surface area contributed by atoms with E-state index < -0.39 is 0 Å². The molecule has 24 heavy (non-hydrogen) atoms. The zero-order chi connectivity index (χ0) is 16.7. The van der Waals surface area contributed by atoms with Gasteiger partial charge in [-0.15, -0.1) is 24.0 Å². The lowest BCUT2D eigenvalue weighted by Gasteiger charge is -2.43. The van der Waals surface area contributed by atoms with Crippen molar-refractivity contribution in [2.75, 3.05) is 20.1 Å². The van der Waals surface area contributed by atoms with Crippen LogP contribution in [0.4, 0.5) is 0 Å². The van der Waals surface area contributed by atoms with E-state index in [2.05, 4.69) is 47.4 Å². The van der Waals surface area contributed by atoms with E-state index >= 15 is 0 Å². The van der Waals surface area contributed by atoms with E-state index in [9.17, 15) is 0 Å². The van der Waals surface area contributed by atoms with Gasteiger partial charge >= 0.3 is 0 Å². The first-order chi connectivity index (χ1) is 11.0. The molecule has 0 atom stereocenters. The maximum absolute atomic E-state index is 4.36. The van der Waals surface area contributed by atoms with Gasteiger partial charge in [0.05, 0.1) is 0 Å². The Balaban J connectivity index is 0.00000288. The number of hydrogen-bond acceptors (Lipinski definition) is 2. The predicted molar refractivity (Wildman–Crippen MR) is 113 cm³/mol. The van der Waals surface area contributed by atoms with Crippen LogP contribution in [0.3, 0.4) is 0 Å². The minimum absolute atomic E-state index is 0. The third-order valence-corrected chi connectivity index (χ3v) is 4.93. The van der Waals surface area contributed by atoms with Crippen molar-refractivity contribution >= 4 is 29.9 Å². The molecular formula is C19H33IN4. The van der Waals surface area contributed by atoms with Crippen LogP contribution in [0.2, 0.25) is 0 Å². The predicted octanol–water partition coefficient (Wildman–Crippen LogP) is 3.93. The first kappa shape index (κ1) is 21.2. The van der Waals surface area contributed by atoms with Crippen LogP contribution in [0.5, 0.6) is 0 Å². The standard InChI is InChI=1S/C19H32N4.HI/c1-15(2)12-19(8-5-9-19)14-23-18(20-4)22-11-7-17-6-10-21-13-16(17)3;/h6,10,13,15H,5,7-9,11-12,14H2,1-4H3,(H2,20,22,23);1H. The second-order valence-electron chi connectivity index (χ2n) is 7.36. The Morgan fingerprint density at radius 3 is 2.62 bits per heavy atom. The summed E-state index contributed by atoms with van der Waals surface area (Å²) in [5.74, 6) is 1.69. The molecule has 4 nitrogen and oxygen atoms in total. The van der Waals surface area contributed by atoms with Gasteiger partial charge in [-0.05, 0) is 61.1 Å². The number of hydrogen-bond donors (Lipinski definition) is 2. The zero-order valence-electron chi connectivity index (χ0n) is 15.6. The van der Waals surface area contributed by atoms with Gasteiger partial charge in [0.15, 0.2) is 5.96 Å². The quantitative estimate of drug-likeness (QED) is 0.381. The fourth-order valence-corrected chi connectivity index (χ4v) is 3.59. The lowest BCUT2D eigenvalue weighted by atomic mass is 9.64. The molecule has 136 valence electrons. The fraction of sp³-hybridized carbons (Fsp3) is 0.684. The van der Waals surface area contributed by atoms with E-state index in [1.54, 1.807) is 0 Å². The van der Waals surface area contributed by atoms with Gasteiger partial charge in [-0.1, -0.05) is 20.3 Å². The Morgan fingerprint density at radius 1 is 1.33 bits per heavy atom. The third-order valence-electron chi connectivity index (χ3n) is 4.93. The molecule has 1 aliphatic carbocycles. The Morgan fingerprint density at radius 2 is 2.08 bits per heavy atom. The molecule has 0 saturated heterocycles. The normalized spacial score (nSPS) is 16.3. The highest BCUT2D eigenvalue weighted by Crippen LogP contribution is 2.45. The van der Waals surface area contributed by atoms with Gasteiger partial charge in [0.2, 0.25) is 0 Å². The van der Waals surface area contributed by atoms with Gasteiger partial charge in [0.25, 0.3) is 0 Å². The summed E-state index contributed by atoms with van der Waals surface area (Å²) in [5, 5.41) is 6.98. The van der Waals surface area contributed by atoms with Crippen molar-refractivity contribution in [1.29, 1.82) is 0 Å². The Kier molecular flexibility index (Phi) is 9.02. The van der Waals surface area contributed by atoms with Crippen LogP contribution in [0.25, 0.3) is 0 Å². The van der Waals surface area contributed by atoms with E-state index in [0.717, 1.165) is 31.4 Å². The molecule has 0 amide bonds. The molecule has 0 spiro atoms. The number of aliphatic imine (C=N–C) groups is 1. The molecule has 1 aromatic rings. The van der Waals surface area contributed by atoms with Crippen LogP contribution in [0.1, 0.15) is 50.7 Å². The highest BCUT2D eigenvalue weighted by molar-refractivity contribution is 14.0. The SMILES string of the molecule is CN=C(NCCc1ccncc1C)NCC1(CC(C)C)CCC1.I. The number of nitrogens with zero attached hydrogens (tertiary/aromatic N) is 2. The van der Waals surface area contributed by atoms with E-state index in [1.807, 2.05) is 19.4 Å². The molecule has 0 radical (unpaired) electrons. The lowest BCUT2D eigenvalue weighted by molar-refractivity contribution is 0.104. The van der Waals surface area contributed by atoms with E-state index in [-0.39, 0.29) is 24.0 Å². The number of aromatic nitrogens is 1. The number of nitrogens with one attached hydrogen (secondary N) is 2. The fourth-order valence-electron chi connectivity index (χ4n) is 3.59. The summed E-state index contributed by atoms with van der Waals surface area (Å²) in [6, 6.07) is 2.10. The molecule has 0 bridgehead atoms. The van der Waals surface area contributed by atoms with Gasteiger partial charge < -0.3 is 10.6 Å². The number of aryl methyl sites for hydroxylation is 1. The molecule has 1 saturated carbocycles. The number of halogens is 1. The van der Waals surface area contributed by atoms with Gasteiger partial charge in [-0.2, -0.15) is 0 Å².